The van der Waals surface area contributed by atoms with Crippen LogP contribution in [0.2, 0.25) is 0 Å². The van der Waals surface area contributed by atoms with Crippen LogP contribution in [0, 0.1) is 13.8 Å². The largest absolute Gasteiger partial charge is 0.435 e. The van der Waals surface area contributed by atoms with Crippen molar-refractivity contribution in [1.29, 1.82) is 0 Å². The number of carbonyl (C=O) groups is 1. The van der Waals surface area contributed by atoms with E-state index in [9.17, 15) is 13.6 Å². The van der Waals surface area contributed by atoms with Crippen molar-refractivity contribution in [2.24, 2.45) is 0 Å². The van der Waals surface area contributed by atoms with Gasteiger partial charge in [0.15, 0.2) is 0 Å². The zero-order valence-corrected chi connectivity index (χ0v) is 14.6. The quantitative estimate of drug-likeness (QED) is 0.823. The van der Waals surface area contributed by atoms with E-state index in [1.807, 2.05) is 44.0 Å². The third-order valence-electron chi connectivity index (χ3n) is 3.67. The first-order chi connectivity index (χ1) is 11.8. The number of hydrogen-bond acceptors (Lipinski definition) is 3. The van der Waals surface area contributed by atoms with Crippen molar-refractivity contribution < 1.29 is 18.3 Å². The molecule has 1 N–H and O–H groups in total. The Kier molecular flexibility index (Phi) is 6.47. The molecule has 0 aliphatic rings. The van der Waals surface area contributed by atoms with Crippen LogP contribution in [-0.2, 0) is 11.3 Å². The van der Waals surface area contributed by atoms with Crippen molar-refractivity contribution >= 4 is 11.6 Å². The molecule has 0 unspecified atom stereocenters. The number of nitrogens with zero attached hydrogens (tertiary/aromatic N) is 1. The lowest BCUT2D eigenvalue weighted by Crippen LogP contribution is -2.30. The molecule has 0 aliphatic carbocycles. The highest BCUT2D eigenvalue weighted by molar-refractivity contribution is 5.92. The highest BCUT2D eigenvalue weighted by Crippen LogP contribution is 2.17. The van der Waals surface area contributed by atoms with Crippen LogP contribution in [0.4, 0.5) is 14.5 Å². The van der Waals surface area contributed by atoms with Gasteiger partial charge in [0.05, 0.1) is 6.54 Å². The Morgan fingerprint density at radius 1 is 1.16 bits per heavy atom. The molecule has 0 heterocycles. The number of carbonyl (C=O) groups excluding carboxylic acids is 1. The van der Waals surface area contributed by atoms with E-state index in [0.717, 1.165) is 22.4 Å². The molecule has 0 aliphatic heterocycles. The molecule has 0 fully saturated rings. The monoisotopic (exact) mass is 348 g/mol. The first-order valence-corrected chi connectivity index (χ1v) is 7.93. The maximum atomic E-state index is 12.2. The zero-order valence-electron chi connectivity index (χ0n) is 14.6. The van der Waals surface area contributed by atoms with Gasteiger partial charge in [-0.05, 0) is 50.2 Å². The summed E-state index contributed by atoms with van der Waals surface area (Å²) in [6.07, 6.45) is 0. The number of halogens is 2. The molecule has 25 heavy (non-hydrogen) atoms. The molecule has 0 saturated carbocycles. The summed E-state index contributed by atoms with van der Waals surface area (Å²) >= 11 is 0. The Balaban J connectivity index is 1.86. The van der Waals surface area contributed by atoms with E-state index in [0.29, 0.717) is 6.54 Å². The van der Waals surface area contributed by atoms with Gasteiger partial charge in [0.25, 0.3) is 0 Å². The lowest BCUT2D eigenvalue weighted by molar-refractivity contribution is -0.117. The predicted octanol–water partition coefficient (Wildman–Crippen LogP) is 3.98. The number of amides is 1. The average Bonchev–Trinajstić information content (AvgIpc) is 2.51. The first kappa shape index (κ1) is 18.9. The molecule has 0 atom stereocenters. The van der Waals surface area contributed by atoms with Gasteiger partial charge in [-0.2, -0.15) is 8.78 Å². The molecule has 1 amide bonds. The van der Waals surface area contributed by atoms with Crippen molar-refractivity contribution in [3.8, 4) is 5.75 Å². The number of likely N-dealkylation sites (N-methyl/N-ethyl adjacent to an activating group) is 1. The average molecular weight is 348 g/mol. The highest BCUT2D eigenvalue weighted by Gasteiger charge is 2.10. The summed E-state index contributed by atoms with van der Waals surface area (Å²) in [4.78, 5) is 14.0. The summed E-state index contributed by atoms with van der Waals surface area (Å²) in [5.41, 5.74) is 3.87. The maximum Gasteiger partial charge on any atom is 0.387 e. The van der Waals surface area contributed by atoms with E-state index >= 15 is 0 Å². The molecule has 2 aromatic rings. The Hall–Kier alpha value is -2.47. The van der Waals surface area contributed by atoms with E-state index in [1.165, 1.54) is 12.1 Å². The van der Waals surface area contributed by atoms with Crippen molar-refractivity contribution in [1.82, 2.24) is 4.90 Å². The first-order valence-electron chi connectivity index (χ1n) is 7.93. The molecule has 134 valence electrons. The van der Waals surface area contributed by atoms with Gasteiger partial charge < -0.3 is 10.1 Å². The molecular formula is C19H22F2N2O2. The van der Waals surface area contributed by atoms with Crippen LogP contribution in [0.1, 0.15) is 16.7 Å². The number of benzene rings is 2. The molecule has 0 bridgehead atoms. The third kappa shape index (κ3) is 6.15. The number of ether oxygens (including phenoxy) is 1. The van der Waals surface area contributed by atoms with E-state index in [1.54, 1.807) is 12.1 Å². The second-order valence-electron chi connectivity index (χ2n) is 6.06. The van der Waals surface area contributed by atoms with Crippen LogP contribution in [-0.4, -0.2) is 31.0 Å². The van der Waals surface area contributed by atoms with Crippen LogP contribution in [0.5, 0.6) is 5.75 Å². The van der Waals surface area contributed by atoms with Crippen molar-refractivity contribution in [2.75, 3.05) is 18.9 Å². The van der Waals surface area contributed by atoms with Gasteiger partial charge in [-0.1, -0.05) is 29.8 Å². The van der Waals surface area contributed by atoms with Gasteiger partial charge in [-0.15, -0.1) is 0 Å². The number of rotatable bonds is 7. The minimum Gasteiger partial charge on any atom is -0.435 e. The Morgan fingerprint density at radius 2 is 1.84 bits per heavy atom. The molecule has 2 aromatic carbocycles. The van der Waals surface area contributed by atoms with Gasteiger partial charge in [0.2, 0.25) is 5.91 Å². The minimum absolute atomic E-state index is 0.105. The van der Waals surface area contributed by atoms with Crippen LogP contribution >= 0.6 is 0 Å². The van der Waals surface area contributed by atoms with Gasteiger partial charge in [-0.3, -0.25) is 9.69 Å². The number of aryl methyl sites for hydroxylation is 2. The lowest BCUT2D eigenvalue weighted by atomic mass is 10.1. The standard InChI is InChI=1S/C19H22F2N2O2/c1-13-4-9-17(14(2)10-13)22-18(24)12-23(3)11-15-5-7-16(8-6-15)25-19(20)21/h4-10,19H,11-12H2,1-3H3,(H,22,24). The topological polar surface area (TPSA) is 41.6 Å². The summed E-state index contributed by atoms with van der Waals surface area (Å²) in [5.74, 6) is 0.0149. The Labute approximate surface area is 146 Å². The molecule has 0 aromatic heterocycles. The fraction of sp³-hybridized carbons (Fsp3) is 0.316. The normalized spacial score (nSPS) is 11.0. The highest BCUT2D eigenvalue weighted by atomic mass is 19.3. The SMILES string of the molecule is Cc1ccc(NC(=O)CN(C)Cc2ccc(OC(F)F)cc2)c(C)c1. The zero-order chi connectivity index (χ0) is 18.4. The summed E-state index contributed by atoms with van der Waals surface area (Å²) in [7, 11) is 1.82. The van der Waals surface area contributed by atoms with E-state index in [4.69, 9.17) is 0 Å². The van der Waals surface area contributed by atoms with Crippen molar-refractivity contribution in [3.05, 3.63) is 59.2 Å². The van der Waals surface area contributed by atoms with E-state index in [-0.39, 0.29) is 18.2 Å². The maximum absolute atomic E-state index is 12.2. The van der Waals surface area contributed by atoms with Gasteiger partial charge in [0.1, 0.15) is 5.75 Å². The molecular weight excluding hydrogens is 326 g/mol. The molecule has 0 saturated heterocycles. The second kappa shape index (κ2) is 8.58. The number of alkyl halides is 2. The molecule has 2 rings (SSSR count). The molecule has 0 spiro atoms. The summed E-state index contributed by atoms with van der Waals surface area (Å²) in [6, 6.07) is 12.3. The molecule has 0 radical (unpaired) electrons. The predicted molar refractivity (Wildman–Crippen MR) is 94.0 cm³/mol. The molecule has 4 nitrogen and oxygen atoms in total. The fourth-order valence-corrected chi connectivity index (χ4v) is 2.53. The van der Waals surface area contributed by atoms with Gasteiger partial charge >= 0.3 is 6.61 Å². The van der Waals surface area contributed by atoms with Crippen molar-refractivity contribution in [3.63, 3.8) is 0 Å². The minimum atomic E-state index is -2.83. The van der Waals surface area contributed by atoms with Gasteiger partial charge in [-0.25, -0.2) is 0 Å². The second-order valence-corrected chi connectivity index (χ2v) is 6.06. The number of hydrogen-bond donors (Lipinski definition) is 1. The van der Waals surface area contributed by atoms with Crippen LogP contribution < -0.4 is 10.1 Å². The van der Waals surface area contributed by atoms with Crippen LogP contribution in [0.15, 0.2) is 42.5 Å². The fourth-order valence-electron chi connectivity index (χ4n) is 2.53. The number of anilines is 1. The van der Waals surface area contributed by atoms with Crippen LogP contribution in [0.3, 0.4) is 0 Å². The molecule has 6 heteroatoms. The Morgan fingerprint density at radius 3 is 2.44 bits per heavy atom. The summed E-state index contributed by atoms with van der Waals surface area (Å²) < 4.78 is 28.6. The smallest absolute Gasteiger partial charge is 0.387 e. The Bertz CT molecular complexity index is 718. The third-order valence-corrected chi connectivity index (χ3v) is 3.67. The number of nitrogens with one attached hydrogen (secondary N) is 1. The van der Waals surface area contributed by atoms with E-state index in [2.05, 4.69) is 10.1 Å². The van der Waals surface area contributed by atoms with Crippen molar-refractivity contribution in [2.45, 2.75) is 27.0 Å². The summed E-state index contributed by atoms with van der Waals surface area (Å²) in [6.45, 7) is 1.87. The van der Waals surface area contributed by atoms with E-state index < -0.39 is 6.61 Å². The van der Waals surface area contributed by atoms with Gasteiger partial charge in [0, 0.05) is 12.2 Å². The lowest BCUT2D eigenvalue weighted by Gasteiger charge is -2.17. The van der Waals surface area contributed by atoms with Crippen LogP contribution in [0.25, 0.3) is 0 Å². The summed E-state index contributed by atoms with van der Waals surface area (Å²) in [5, 5.41) is 2.90.